The molecular formula is C30H28N4OS. The van der Waals surface area contributed by atoms with Crippen LogP contribution >= 0.6 is 11.3 Å². The van der Waals surface area contributed by atoms with Gasteiger partial charge in [-0.2, -0.15) is 0 Å². The van der Waals surface area contributed by atoms with Gasteiger partial charge in [-0.25, -0.2) is 9.97 Å². The number of aryl methyl sites for hydroxylation is 3. The Hall–Kier alpha value is -3.90. The summed E-state index contributed by atoms with van der Waals surface area (Å²) in [6, 6.07) is 21.3. The molecule has 0 saturated carbocycles. The predicted molar refractivity (Wildman–Crippen MR) is 152 cm³/mol. The number of nitrogens with one attached hydrogen (secondary N) is 2. The normalized spacial score (nSPS) is 11.6. The second-order valence-electron chi connectivity index (χ2n) is 8.99. The second kappa shape index (κ2) is 8.95. The van der Waals surface area contributed by atoms with Crippen LogP contribution in [0.15, 0.2) is 60.7 Å². The van der Waals surface area contributed by atoms with Crippen LogP contribution in [0.1, 0.15) is 30.1 Å². The molecule has 3 aromatic heterocycles. The molecule has 5 nitrogen and oxygen atoms in total. The summed E-state index contributed by atoms with van der Waals surface area (Å²) < 4.78 is 5.65. The highest BCUT2D eigenvalue weighted by Gasteiger charge is 2.18. The Morgan fingerprint density at radius 2 is 1.78 bits per heavy atom. The zero-order valence-electron chi connectivity index (χ0n) is 20.9. The van der Waals surface area contributed by atoms with Gasteiger partial charge >= 0.3 is 0 Å². The van der Waals surface area contributed by atoms with Gasteiger partial charge in [-0.05, 0) is 62.6 Å². The molecular weight excluding hydrogens is 464 g/mol. The fourth-order valence-corrected chi connectivity index (χ4v) is 6.13. The van der Waals surface area contributed by atoms with E-state index in [1.54, 1.807) is 11.3 Å². The summed E-state index contributed by atoms with van der Waals surface area (Å²) in [6.45, 7) is 8.95. The maximum Gasteiger partial charge on any atom is 0.143 e. The lowest BCUT2D eigenvalue weighted by Gasteiger charge is -2.11. The van der Waals surface area contributed by atoms with Crippen molar-refractivity contribution < 1.29 is 4.74 Å². The molecule has 6 heteroatoms. The summed E-state index contributed by atoms with van der Waals surface area (Å²) >= 11 is 1.71. The predicted octanol–water partition coefficient (Wildman–Crippen LogP) is 8.31. The number of hydrogen-bond donors (Lipinski definition) is 2. The highest BCUT2D eigenvalue weighted by Crippen LogP contribution is 2.42. The van der Waals surface area contributed by atoms with Gasteiger partial charge < -0.3 is 15.0 Å². The molecule has 3 heterocycles. The quantitative estimate of drug-likeness (QED) is 0.245. The van der Waals surface area contributed by atoms with E-state index < -0.39 is 0 Å². The smallest absolute Gasteiger partial charge is 0.143 e. The first-order chi connectivity index (χ1) is 17.6. The van der Waals surface area contributed by atoms with Crippen molar-refractivity contribution in [2.75, 3.05) is 11.9 Å². The van der Waals surface area contributed by atoms with Crippen LogP contribution in [0.5, 0.6) is 5.75 Å². The van der Waals surface area contributed by atoms with Crippen LogP contribution < -0.4 is 10.1 Å². The Bertz CT molecular complexity index is 1730. The van der Waals surface area contributed by atoms with Gasteiger partial charge in [0.2, 0.25) is 0 Å². The summed E-state index contributed by atoms with van der Waals surface area (Å²) in [5.41, 5.74) is 6.97. The topological polar surface area (TPSA) is 62.8 Å². The Labute approximate surface area is 214 Å². The molecule has 36 heavy (non-hydrogen) atoms. The summed E-state index contributed by atoms with van der Waals surface area (Å²) in [5.74, 6) is 2.46. The van der Waals surface area contributed by atoms with Crippen LogP contribution in [0, 0.1) is 13.8 Å². The standard InChI is InChI=1S/C30H28N4OS/c1-5-19-8-7-9-24-23-15-12-21(16-25(23)34-28(19)24)33-29-27-26(17(3)36-30(27)32-18(4)31-29)20-10-13-22(14-11-20)35-6-2/h7-16,34H,5-6H2,1-4H3,(H,31,32,33). The molecule has 0 fully saturated rings. The Kier molecular flexibility index (Phi) is 5.61. The fourth-order valence-electron chi connectivity index (χ4n) is 5.04. The third kappa shape index (κ3) is 3.78. The van der Waals surface area contributed by atoms with E-state index in [4.69, 9.17) is 14.7 Å². The molecule has 2 N–H and O–H groups in total. The van der Waals surface area contributed by atoms with E-state index in [0.717, 1.165) is 50.8 Å². The van der Waals surface area contributed by atoms with Crippen LogP contribution in [0.4, 0.5) is 11.5 Å². The SMILES string of the molecule is CCOc1ccc(-c2c(C)sc3nc(C)nc(Nc4ccc5c(c4)[nH]c4c(CC)cccc45)c23)cc1. The number of H-pyrrole nitrogens is 1. The Balaban J connectivity index is 1.46. The Morgan fingerprint density at radius 3 is 2.56 bits per heavy atom. The number of anilines is 2. The van der Waals surface area contributed by atoms with Gasteiger partial charge in [-0.1, -0.05) is 43.3 Å². The van der Waals surface area contributed by atoms with Gasteiger partial charge in [0.25, 0.3) is 0 Å². The number of fused-ring (bicyclic) bond motifs is 4. The molecule has 0 bridgehead atoms. The molecule has 180 valence electrons. The molecule has 0 aliphatic carbocycles. The van der Waals surface area contributed by atoms with E-state index in [-0.39, 0.29) is 0 Å². The molecule has 3 aromatic carbocycles. The van der Waals surface area contributed by atoms with E-state index >= 15 is 0 Å². The van der Waals surface area contributed by atoms with Gasteiger partial charge in [-0.15, -0.1) is 11.3 Å². The van der Waals surface area contributed by atoms with Crippen LogP contribution in [-0.4, -0.2) is 21.6 Å². The van der Waals surface area contributed by atoms with E-state index in [9.17, 15) is 0 Å². The monoisotopic (exact) mass is 492 g/mol. The maximum absolute atomic E-state index is 5.65. The molecule has 0 saturated heterocycles. The van der Waals surface area contributed by atoms with Crippen LogP contribution in [0.3, 0.4) is 0 Å². The number of nitrogens with zero attached hydrogens (tertiary/aromatic N) is 2. The average Bonchev–Trinajstić information content (AvgIpc) is 3.41. The second-order valence-corrected chi connectivity index (χ2v) is 10.2. The summed E-state index contributed by atoms with van der Waals surface area (Å²) in [5, 5.41) is 7.17. The molecule has 0 spiro atoms. The van der Waals surface area contributed by atoms with Crippen LogP contribution in [0.2, 0.25) is 0 Å². The first kappa shape index (κ1) is 22.6. The number of para-hydroxylation sites is 1. The van der Waals surface area contributed by atoms with Gasteiger partial charge in [0, 0.05) is 37.9 Å². The molecule has 0 radical (unpaired) electrons. The zero-order valence-corrected chi connectivity index (χ0v) is 21.7. The number of thiophene rings is 1. The molecule has 0 atom stereocenters. The van der Waals surface area contributed by atoms with Gasteiger partial charge in [0.15, 0.2) is 0 Å². The summed E-state index contributed by atoms with van der Waals surface area (Å²) in [6.07, 6.45) is 0.999. The third-order valence-electron chi connectivity index (χ3n) is 6.66. The lowest BCUT2D eigenvalue weighted by molar-refractivity contribution is 0.340. The van der Waals surface area contributed by atoms with Crippen molar-refractivity contribution in [3.05, 3.63) is 76.9 Å². The molecule has 0 amide bonds. The first-order valence-electron chi connectivity index (χ1n) is 12.4. The minimum Gasteiger partial charge on any atom is -0.494 e. The van der Waals surface area contributed by atoms with Gasteiger partial charge in [-0.3, -0.25) is 0 Å². The minimum absolute atomic E-state index is 0.654. The largest absolute Gasteiger partial charge is 0.494 e. The maximum atomic E-state index is 5.65. The number of benzene rings is 3. The van der Waals surface area contributed by atoms with Crippen molar-refractivity contribution in [2.45, 2.75) is 34.1 Å². The number of aromatic amines is 1. The van der Waals surface area contributed by atoms with E-state index in [1.807, 2.05) is 26.0 Å². The fraction of sp³-hybridized carbons (Fsp3) is 0.200. The molecule has 0 aliphatic heterocycles. The van der Waals surface area contributed by atoms with Crippen molar-refractivity contribution in [3.8, 4) is 16.9 Å². The van der Waals surface area contributed by atoms with Crippen molar-refractivity contribution in [1.82, 2.24) is 15.0 Å². The molecule has 6 aromatic rings. The van der Waals surface area contributed by atoms with Gasteiger partial charge in [0.05, 0.1) is 12.0 Å². The molecule has 0 aliphatic rings. The van der Waals surface area contributed by atoms with Crippen molar-refractivity contribution in [3.63, 3.8) is 0 Å². The highest BCUT2D eigenvalue weighted by molar-refractivity contribution is 7.19. The van der Waals surface area contributed by atoms with E-state index in [1.165, 1.54) is 32.3 Å². The van der Waals surface area contributed by atoms with Crippen molar-refractivity contribution in [2.24, 2.45) is 0 Å². The molecule has 0 unspecified atom stereocenters. The number of hydrogen-bond acceptors (Lipinski definition) is 5. The minimum atomic E-state index is 0.654. The summed E-state index contributed by atoms with van der Waals surface area (Å²) in [7, 11) is 0. The third-order valence-corrected chi connectivity index (χ3v) is 7.66. The van der Waals surface area contributed by atoms with Crippen LogP contribution in [-0.2, 0) is 6.42 Å². The lowest BCUT2D eigenvalue weighted by atomic mass is 10.0. The average molecular weight is 493 g/mol. The number of rotatable bonds is 6. The Morgan fingerprint density at radius 1 is 0.944 bits per heavy atom. The van der Waals surface area contributed by atoms with E-state index in [0.29, 0.717) is 6.61 Å². The number of aromatic nitrogens is 3. The van der Waals surface area contributed by atoms with Crippen LogP contribution in [0.25, 0.3) is 43.1 Å². The first-order valence-corrected chi connectivity index (χ1v) is 13.2. The van der Waals surface area contributed by atoms with Gasteiger partial charge in [0.1, 0.15) is 22.2 Å². The molecule has 6 rings (SSSR count). The zero-order chi connectivity index (χ0) is 24.8. The number of ether oxygens (including phenoxy) is 1. The highest BCUT2D eigenvalue weighted by atomic mass is 32.1. The lowest BCUT2D eigenvalue weighted by Crippen LogP contribution is -1.98. The summed E-state index contributed by atoms with van der Waals surface area (Å²) in [4.78, 5) is 15.5. The van der Waals surface area contributed by atoms with Crippen molar-refractivity contribution in [1.29, 1.82) is 0 Å². The van der Waals surface area contributed by atoms with Crippen molar-refractivity contribution >= 4 is 54.9 Å². The van der Waals surface area contributed by atoms with E-state index in [2.05, 4.69) is 72.7 Å².